The highest BCUT2D eigenvalue weighted by Gasteiger charge is 2.20. The molecule has 0 amide bonds. The van der Waals surface area contributed by atoms with Crippen molar-refractivity contribution in [2.75, 3.05) is 29.9 Å². The lowest BCUT2D eigenvalue weighted by Crippen LogP contribution is -2.31. The average molecular weight is 487 g/mol. The predicted molar refractivity (Wildman–Crippen MR) is 132 cm³/mol. The molecule has 1 heterocycles. The lowest BCUT2D eigenvalue weighted by molar-refractivity contribution is -0.136. The van der Waals surface area contributed by atoms with Crippen LogP contribution in [0.1, 0.15) is 47.9 Å². The molecule has 2 aromatic rings. The summed E-state index contributed by atoms with van der Waals surface area (Å²) in [6, 6.07) is 9.24. The van der Waals surface area contributed by atoms with E-state index in [1.54, 1.807) is 12.1 Å². The van der Waals surface area contributed by atoms with E-state index in [2.05, 4.69) is 29.3 Å². The molecule has 0 spiro atoms. The maximum Gasteiger partial charge on any atom is 0.303 e. The van der Waals surface area contributed by atoms with Gasteiger partial charge in [-0.3, -0.25) is 4.79 Å². The van der Waals surface area contributed by atoms with Crippen molar-refractivity contribution >= 4 is 42.2 Å². The fourth-order valence-electron chi connectivity index (χ4n) is 4.14. The summed E-state index contributed by atoms with van der Waals surface area (Å²) in [5.74, 6) is -1.30. The molecular weight excluding hydrogens is 454 g/mol. The number of carbonyl (C=O) groups is 1. The number of aliphatic hydroxyl groups is 1. The number of hydrogen-bond donors (Lipinski definition) is 3. The van der Waals surface area contributed by atoms with Crippen LogP contribution >= 0.6 is 24.8 Å². The van der Waals surface area contributed by atoms with Crippen LogP contribution in [0.3, 0.4) is 0 Å². The number of fused-ring (bicyclic) bond motifs is 1. The molecule has 3 N–H and O–H groups in total. The van der Waals surface area contributed by atoms with Crippen LogP contribution < -0.4 is 10.2 Å². The molecule has 0 bridgehead atoms. The first-order chi connectivity index (χ1) is 14.5. The topological polar surface area (TPSA) is 72.8 Å². The Labute approximate surface area is 201 Å². The minimum absolute atomic E-state index is 0. The Kier molecular flexibility index (Phi) is 11.8. The number of aliphatic carboxylic acids is 1. The molecule has 0 aromatic heterocycles. The first-order valence-electron chi connectivity index (χ1n) is 10.7. The van der Waals surface area contributed by atoms with E-state index in [1.807, 2.05) is 0 Å². The highest BCUT2D eigenvalue weighted by Crippen LogP contribution is 2.33. The van der Waals surface area contributed by atoms with Crippen molar-refractivity contribution in [2.45, 2.75) is 52.0 Å². The van der Waals surface area contributed by atoms with Gasteiger partial charge in [-0.1, -0.05) is 18.2 Å². The van der Waals surface area contributed by atoms with Gasteiger partial charge in [-0.25, -0.2) is 4.39 Å². The molecule has 5 nitrogen and oxygen atoms in total. The van der Waals surface area contributed by atoms with Gasteiger partial charge in [0.15, 0.2) is 0 Å². The number of aryl methyl sites for hydroxylation is 2. The Hall–Kier alpha value is -2.02. The number of aliphatic hydroxyl groups excluding tert-OH is 1. The summed E-state index contributed by atoms with van der Waals surface area (Å²) in [4.78, 5) is 13.1. The molecule has 1 aliphatic rings. The van der Waals surface area contributed by atoms with E-state index in [-0.39, 0.29) is 50.1 Å². The van der Waals surface area contributed by atoms with Crippen molar-refractivity contribution in [2.24, 2.45) is 0 Å². The smallest absolute Gasteiger partial charge is 0.303 e. The van der Waals surface area contributed by atoms with Gasteiger partial charge in [0, 0.05) is 44.0 Å². The number of anilines is 2. The first-order valence-corrected chi connectivity index (χ1v) is 10.7. The molecule has 1 aliphatic heterocycles. The molecule has 2 aromatic carbocycles. The van der Waals surface area contributed by atoms with E-state index in [4.69, 9.17) is 10.2 Å². The third-order valence-electron chi connectivity index (χ3n) is 5.80. The molecular formula is C24H33Cl2FN2O3. The van der Waals surface area contributed by atoms with Crippen LogP contribution in [0, 0.1) is 12.7 Å². The summed E-state index contributed by atoms with van der Waals surface area (Å²) in [5.41, 5.74) is 6.23. The average Bonchev–Trinajstić information content (AvgIpc) is 2.72. The summed E-state index contributed by atoms with van der Waals surface area (Å²) >= 11 is 0. The normalized spacial score (nSPS) is 12.4. The van der Waals surface area contributed by atoms with E-state index in [0.717, 1.165) is 38.8 Å². The lowest BCUT2D eigenvalue weighted by atomic mass is 9.94. The van der Waals surface area contributed by atoms with E-state index in [9.17, 15) is 9.18 Å². The Bertz CT molecular complexity index is 896. The lowest BCUT2D eigenvalue weighted by Gasteiger charge is -2.34. The van der Waals surface area contributed by atoms with E-state index in [0.29, 0.717) is 17.8 Å². The Morgan fingerprint density at radius 3 is 2.59 bits per heavy atom. The number of halogens is 3. The zero-order valence-corrected chi connectivity index (χ0v) is 20.0. The van der Waals surface area contributed by atoms with Crippen LogP contribution in [0.2, 0.25) is 0 Å². The van der Waals surface area contributed by atoms with Gasteiger partial charge in [0.25, 0.3) is 0 Å². The number of nitrogens with one attached hydrogen (secondary N) is 1. The van der Waals surface area contributed by atoms with E-state index in [1.165, 1.54) is 28.4 Å². The number of carboxylic acids is 1. The largest absolute Gasteiger partial charge is 0.481 e. The molecule has 178 valence electrons. The molecule has 0 saturated heterocycles. The molecule has 32 heavy (non-hydrogen) atoms. The van der Waals surface area contributed by atoms with Gasteiger partial charge in [0.05, 0.1) is 0 Å². The summed E-state index contributed by atoms with van der Waals surface area (Å²) < 4.78 is 14.3. The second kappa shape index (κ2) is 13.5. The number of rotatable bonds is 10. The minimum Gasteiger partial charge on any atom is -0.481 e. The number of hydrogen-bond acceptors (Lipinski definition) is 4. The van der Waals surface area contributed by atoms with Gasteiger partial charge in [-0.15, -0.1) is 24.8 Å². The van der Waals surface area contributed by atoms with Crippen molar-refractivity contribution in [3.05, 3.63) is 58.4 Å². The van der Waals surface area contributed by atoms with Crippen LogP contribution in [0.15, 0.2) is 30.3 Å². The standard InChI is InChI=1S/C24H31FN2O3.2ClH/c1-17-20(7-6-19-5-4-13-27(24(17)19)12-2-3-14-28)16-26-21-10-8-18(22(25)15-21)9-11-23(29)30;;/h6-8,10,15,26,28H,2-5,9,11-14,16H2,1H3,(H,29,30);2*1H. The van der Waals surface area contributed by atoms with Crippen LogP contribution in [0.25, 0.3) is 0 Å². The van der Waals surface area contributed by atoms with Gasteiger partial charge >= 0.3 is 5.97 Å². The van der Waals surface area contributed by atoms with Crippen molar-refractivity contribution in [3.8, 4) is 0 Å². The van der Waals surface area contributed by atoms with Crippen molar-refractivity contribution in [1.29, 1.82) is 0 Å². The Morgan fingerprint density at radius 2 is 1.91 bits per heavy atom. The number of unbranched alkanes of at least 4 members (excludes halogenated alkanes) is 1. The summed E-state index contributed by atoms with van der Waals surface area (Å²) in [6.07, 6.45) is 4.15. The molecule has 0 aliphatic carbocycles. The SMILES string of the molecule is Cc1c(CNc2ccc(CCC(=O)O)c(F)c2)ccc2c1N(CCCCO)CCC2.Cl.Cl. The maximum atomic E-state index is 14.3. The van der Waals surface area contributed by atoms with Gasteiger partial charge in [-0.2, -0.15) is 0 Å². The van der Waals surface area contributed by atoms with Crippen molar-refractivity contribution in [3.63, 3.8) is 0 Å². The number of benzene rings is 2. The summed E-state index contributed by atoms with van der Waals surface area (Å²) in [6.45, 7) is 4.97. The van der Waals surface area contributed by atoms with Crippen LogP contribution in [-0.4, -0.2) is 35.9 Å². The fraction of sp³-hybridized carbons (Fsp3) is 0.458. The fourth-order valence-corrected chi connectivity index (χ4v) is 4.14. The van der Waals surface area contributed by atoms with Gasteiger partial charge in [-0.05, 0) is 73.4 Å². The van der Waals surface area contributed by atoms with E-state index < -0.39 is 5.97 Å². The minimum atomic E-state index is -0.926. The molecule has 8 heteroatoms. The maximum absolute atomic E-state index is 14.3. The predicted octanol–water partition coefficient (Wildman–Crippen LogP) is 5.13. The van der Waals surface area contributed by atoms with Crippen LogP contribution in [0.4, 0.5) is 15.8 Å². The van der Waals surface area contributed by atoms with E-state index >= 15 is 0 Å². The first kappa shape index (κ1) is 28.0. The van der Waals surface area contributed by atoms with Gasteiger partial charge in [0.2, 0.25) is 0 Å². The third kappa shape index (κ3) is 7.26. The highest BCUT2D eigenvalue weighted by atomic mass is 35.5. The van der Waals surface area contributed by atoms with Gasteiger partial charge < -0.3 is 20.4 Å². The Morgan fingerprint density at radius 1 is 1.16 bits per heavy atom. The summed E-state index contributed by atoms with van der Waals surface area (Å²) in [7, 11) is 0. The van der Waals surface area contributed by atoms with Crippen molar-refractivity contribution < 1.29 is 19.4 Å². The van der Waals surface area contributed by atoms with Crippen molar-refractivity contribution in [1.82, 2.24) is 0 Å². The van der Waals surface area contributed by atoms with Crippen LogP contribution in [-0.2, 0) is 24.2 Å². The molecule has 0 radical (unpaired) electrons. The quantitative estimate of drug-likeness (QED) is 0.405. The molecule has 0 unspecified atom stereocenters. The summed E-state index contributed by atoms with van der Waals surface area (Å²) in [5, 5.41) is 21.2. The Balaban J connectivity index is 0.00000256. The number of nitrogens with zero attached hydrogens (tertiary/aromatic N) is 1. The molecule has 0 atom stereocenters. The zero-order chi connectivity index (χ0) is 21.5. The van der Waals surface area contributed by atoms with Crippen LogP contribution in [0.5, 0.6) is 0 Å². The third-order valence-corrected chi connectivity index (χ3v) is 5.80. The second-order valence-corrected chi connectivity index (χ2v) is 7.93. The highest BCUT2D eigenvalue weighted by molar-refractivity contribution is 5.85. The zero-order valence-electron chi connectivity index (χ0n) is 18.4. The molecule has 0 saturated carbocycles. The monoisotopic (exact) mass is 486 g/mol. The van der Waals surface area contributed by atoms with Gasteiger partial charge in [0.1, 0.15) is 5.82 Å². The number of carboxylic acid groups (broad SMARTS) is 1. The molecule has 3 rings (SSSR count). The second-order valence-electron chi connectivity index (χ2n) is 7.93. The molecule has 0 fully saturated rings.